The van der Waals surface area contributed by atoms with Crippen LogP contribution in [0.2, 0.25) is 0 Å². The number of carboxylic acid groups (broad SMARTS) is 1. The van der Waals surface area contributed by atoms with Gasteiger partial charge in [0.05, 0.1) is 5.92 Å². The van der Waals surface area contributed by atoms with Crippen LogP contribution in [0.4, 0.5) is 0 Å². The topological polar surface area (TPSA) is 87.2 Å². The maximum absolute atomic E-state index is 13.0. The second-order valence-corrected chi connectivity index (χ2v) is 7.29. The maximum Gasteiger partial charge on any atom is 0.308 e. The minimum absolute atomic E-state index is 0.0125. The van der Waals surface area contributed by atoms with Gasteiger partial charge in [-0.3, -0.25) is 14.4 Å². The van der Waals surface area contributed by atoms with E-state index in [0.29, 0.717) is 32.5 Å². The minimum atomic E-state index is -0.862. The van der Waals surface area contributed by atoms with Gasteiger partial charge in [-0.05, 0) is 18.4 Å². The van der Waals surface area contributed by atoms with Crippen LogP contribution in [0.5, 0.6) is 0 Å². The second kappa shape index (κ2) is 8.52. The van der Waals surface area contributed by atoms with Crippen LogP contribution in [0.25, 0.3) is 0 Å². The van der Waals surface area contributed by atoms with E-state index >= 15 is 0 Å². The van der Waals surface area contributed by atoms with Crippen molar-refractivity contribution in [1.29, 1.82) is 0 Å². The molecule has 27 heavy (non-hydrogen) atoms. The summed E-state index contributed by atoms with van der Waals surface area (Å²) in [7, 11) is 1.49. The number of hydrogen-bond donors (Lipinski definition) is 1. The van der Waals surface area contributed by atoms with Crippen molar-refractivity contribution in [2.75, 3.05) is 39.9 Å². The van der Waals surface area contributed by atoms with Crippen LogP contribution >= 0.6 is 0 Å². The summed E-state index contributed by atoms with van der Waals surface area (Å²) in [6.45, 7) is 1.82. The fraction of sp³-hybridized carbons (Fsp3) is 0.550. The van der Waals surface area contributed by atoms with Crippen LogP contribution in [0.15, 0.2) is 30.3 Å². The van der Waals surface area contributed by atoms with E-state index in [1.165, 1.54) is 7.11 Å². The van der Waals surface area contributed by atoms with Gasteiger partial charge in [0.15, 0.2) is 0 Å². The van der Waals surface area contributed by atoms with Crippen molar-refractivity contribution in [2.45, 2.75) is 18.8 Å². The number of carboxylic acids is 1. The number of benzene rings is 1. The monoisotopic (exact) mass is 374 g/mol. The molecule has 1 N–H and O–H groups in total. The van der Waals surface area contributed by atoms with E-state index in [2.05, 4.69) is 0 Å². The number of ether oxygens (including phenoxy) is 1. The number of rotatable bonds is 5. The molecule has 3 rings (SSSR count). The molecule has 0 aliphatic carbocycles. The Kier molecular flexibility index (Phi) is 6.11. The smallest absolute Gasteiger partial charge is 0.308 e. The number of nitrogens with zero attached hydrogens (tertiary/aromatic N) is 2. The number of hydrogen-bond acceptors (Lipinski definition) is 4. The molecule has 2 aliphatic heterocycles. The summed E-state index contributed by atoms with van der Waals surface area (Å²) in [4.78, 5) is 40.0. The van der Waals surface area contributed by atoms with Gasteiger partial charge in [0.2, 0.25) is 11.8 Å². The van der Waals surface area contributed by atoms with Crippen LogP contribution in [0.3, 0.4) is 0 Å². The quantitative estimate of drug-likeness (QED) is 0.837. The molecule has 0 spiro atoms. The largest absolute Gasteiger partial charge is 0.481 e. The van der Waals surface area contributed by atoms with Gasteiger partial charge in [0.25, 0.3) is 0 Å². The van der Waals surface area contributed by atoms with Crippen LogP contribution in [0.1, 0.15) is 24.3 Å². The fourth-order valence-electron chi connectivity index (χ4n) is 4.12. The molecule has 2 atom stereocenters. The predicted molar refractivity (Wildman–Crippen MR) is 98.1 cm³/mol. The number of piperidine rings is 1. The molecule has 2 heterocycles. The molecule has 146 valence electrons. The number of amides is 2. The Morgan fingerprint density at radius 1 is 1.07 bits per heavy atom. The number of likely N-dealkylation sites (tertiary alicyclic amines) is 2. The van der Waals surface area contributed by atoms with Crippen LogP contribution in [-0.4, -0.2) is 72.6 Å². The Balaban J connectivity index is 1.62. The average Bonchev–Trinajstić information content (AvgIpc) is 3.14. The maximum atomic E-state index is 13.0. The molecular formula is C20H26N2O5. The highest BCUT2D eigenvalue weighted by Crippen LogP contribution is 2.34. The molecule has 2 fully saturated rings. The average molecular weight is 374 g/mol. The highest BCUT2D eigenvalue weighted by molar-refractivity contribution is 5.82. The first-order chi connectivity index (χ1) is 13.0. The first kappa shape index (κ1) is 19.4. The van der Waals surface area contributed by atoms with Gasteiger partial charge in [-0.2, -0.15) is 0 Å². The number of methoxy groups -OCH3 is 1. The predicted octanol–water partition coefficient (Wildman–Crippen LogP) is 1.20. The lowest BCUT2D eigenvalue weighted by Gasteiger charge is -2.33. The summed E-state index contributed by atoms with van der Waals surface area (Å²) in [6, 6.07) is 9.54. The van der Waals surface area contributed by atoms with Crippen LogP contribution in [-0.2, 0) is 19.1 Å². The molecule has 7 nitrogen and oxygen atoms in total. The SMILES string of the molecule is COCC(=O)N1CCC(C(=O)N2C[C@@H](C(=O)O)[C@H](c3ccccc3)C2)CC1. The molecule has 0 aromatic heterocycles. The van der Waals surface area contributed by atoms with Gasteiger partial charge in [-0.1, -0.05) is 30.3 Å². The van der Waals surface area contributed by atoms with Crippen molar-refractivity contribution in [2.24, 2.45) is 11.8 Å². The van der Waals surface area contributed by atoms with E-state index < -0.39 is 11.9 Å². The van der Waals surface area contributed by atoms with Crippen molar-refractivity contribution in [3.8, 4) is 0 Å². The summed E-state index contributed by atoms with van der Waals surface area (Å²) in [5, 5.41) is 9.61. The third-order valence-corrected chi connectivity index (χ3v) is 5.64. The summed E-state index contributed by atoms with van der Waals surface area (Å²) >= 11 is 0. The van der Waals surface area contributed by atoms with Crippen molar-refractivity contribution in [3.05, 3.63) is 35.9 Å². The first-order valence-corrected chi connectivity index (χ1v) is 9.34. The molecule has 0 unspecified atom stereocenters. The molecule has 2 amide bonds. The molecule has 7 heteroatoms. The zero-order chi connectivity index (χ0) is 19.4. The highest BCUT2D eigenvalue weighted by Gasteiger charge is 2.42. The Morgan fingerprint density at radius 2 is 1.74 bits per heavy atom. The molecule has 0 radical (unpaired) electrons. The zero-order valence-corrected chi connectivity index (χ0v) is 15.5. The number of carbonyl (C=O) groups is 3. The lowest BCUT2D eigenvalue weighted by Crippen LogP contribution is -2.45. The third-order valence-electron chi connectivity index (χ3n) is 5.64. The molecule has 2 aliphatic rings. The molecule has 0 bridgehead atoms. The van der Waals surface area contributed by atoms with Crippen LogP contribution < -0.4 is 0 Å². The summed E-state index contributed by atoms with van der Waals surface area (Å²) in [5.74, 6) is -1.83. The van der Waals surface area contributed by atoms with E-state index in [9.17, 15) is 19.5 Å². The number of aliphatic carboxylic acids is 1. The van der Waals surface area contributed by atoms with Crippen LogP contribution in [0, 0.1) is 11.8 Å². The molecule has 1 aromatic rings. The first-order valence-electron chi connectivity index (χ1n) is 9.34. The van der Waals surface area contributed by atoms with E-state index in [1.807, 2.05) is 30.3 Å². The highest BCUT2D eigenvalue weighted by atomic mass is 16.5. The van der Waals surface area contributed by atoms with Gasteiger partial charge >= 0.3 is 5.97 Å². The van der Waals surface area contributed by atoms with Gasteiger partial charge in [-0.25, -0.2) is 0 Å². The molecule has 1 aromatic carbocycles. The van der Waals surface area contributed by atoms with Crippen molar-refractivity contribution < 1.29 is 24.2 Å². The Hall–Kier alpha value is -2.41. The lowest BCUT2D eigenvalue weighted by atomic mass is 9.89. The van der Waals surface area contributed by atoms with Crippen molar-refractivity contribution in [1.82, 2.24) is 9.80 Å². The Bertz CT molecular complexity index is 685. The van der Waals surface area contributed by atoms with E-state index in [-0.39, 0.29) is 36.8 Å². The van der Waals surface area contributed by atoms with Crippen molar-refractivity contribution in [3.63, 3.8) is 0 Å². The normalized spacial score (nSPS) is 23.4. The third kappa shape index (κ3) is 4.30. The molecule has 0 saturated carbocycles. The Labute approximate surface area is 158 Å². The van der Waals surface area contributed by atoms with E-state index in [1.54, 1.807) is 9.80 Å². The van der Waals surface area contributed by atoms with E-state index in [0.717, 1.165) is 5.56 Å². The van der Waals surface area contributed by atoms with Gasteiger partial charge < -0.3 is 19.6 Å². The lowest BCUT2D eigenvalue weighted by molar-refractivity contribution is -0.143. The zero-order valence-electron chi connectivity index (χ0n) is 15.5. The Morgan fingerprint density at radius 3 is 2.33 bits per heavy atom. The van der Waals surface area contributed by atoms with Gasteiger partial charge in [0, 0.05) is 45.1 Å². The van der Waals surface area contributed by atoms with Gasteiger partial charge in [0.1, 0.15) is 6.61 Å². The molecule has 2 saturated heterocycles. The molecular weight excluding hydrogens is 348 g/mol. The fourth-order valence-corrected chi connectivity index (χ4v) is 4.12. The summed E-state index contributed by atoms with van der Waals surface area (Å²) in [5.41, 5.74) is 0.959. The minimum Gasteiger partial charge on any atom is -0.481 e. The second-order valence-electron chi connectivity index (χ2n) is 7.29. The van der Waals surface area contributed by atoms with Crippen molar-refractivity contribution >= 4 is 17.8 Å². The van der Waals surface area contributed by atoms with Gasteiger partial charge in [-0.15, -0.1) is 0 Å². The van der Waals surface area contributed by atoms with E-state index in [4.69, 9.17) is 4.74 Å². The summed E-state index contributed by atoms with van der Waals surface area (Å²) < 4.78 is 4.88. The number of carbonyl (C=O) groups excluding carboxylic acids is 2. The standard InChI is InChI=1S/C20H26N2O5/c1-27-13-18(23)21-9-7-15(8-10-21)19(24)22-11-16(17(12-22)20(25)26)14-5-3-2-4-6-14/h2-6,15-17H,7-13H2,1H3,(H,25,26)/t16-,17+/m0/s1. The summed E-state index contributed by atoms with van der Waals surface area (Å²) in [6.07, 6.45) is 1.22.